The number of hydrogen-bond donors (Lipinski definition) is 2. The van der Waals surface area contributed by atoms with Gasteiger partial charge in [-0.05, 0) is 137 Å². The lowest BCUT2D eigenvalue weighted by Gasteiger charge is -2.54. The first-order chi connectivity index (χ1) is 15.6. The quantitative estimate of drug-likeness (QED) is 0.670. The third kappa shape index (κ3) is 3.45. The highest BCUT2D eigenvalue weighted by molar-refractivity contribution is 5.81. The van der Waals surface area contributed by atoms with E-state index in [4.69, 9.17) is 0 Å². The largest absolute Gasteiger partial charge is 0.353 e. The molecule has 9 fully saturated rings. The van der Waals surface area contributed by atoms with Crippen LogP contribution in [0.15, 0.2) is 0 Å². The Labute approximate surface area is 193 Å². The first-order valence-corrected chi connectivity index (χ1v) is 14.2. The molecule has 0 saturated heterocycles. The van der Waals surface area contributed by atoms with E-state index < -0.39 is 0 Å². The maximum Gasteiger partial charge on any atom is 0.223 e. The van der Waals surface area contributed by atoms with Gasteiger partial charge in [-0.25, -0.2) is 0 Å². The summed E-state index contributed by atoms with van der Waals surface area (Å²) in [6.07, 6.45) is 17.4. The van der Waals surface area contributed by atoms with E-state index in [1.807, 2.05) is 0 Å². The van der Waals surface area contributed by atoms with E-state index in [0.29, 0.717) is 23.9 Å². The van der Waals surface area contributed by atoms with Crippen molar-refractivity contribution in [1.29, 1.82) is 0 Å². The third-order valence-electron chi connectivity index (χ3n) is 11.5. The van der Waals surface area contributed by atoms with Gasteiger partial charge >= 0.3 is 0 Å². The molecule has 4 nitrogen and oxygen atoms in total. The Kier molecular flexibility index (Phi) is 4.91. The molecule has 0 aromatic rings. The van der Waals surface area contributed by atoms with Crippen molar-refractivity contribution in [3.8, 4) is 0 Å². The fraction of sp³-hybridized carbons (Fsp3) is 0.929. The fourth-order valence-electron chi connectivity index (χ4n) is 10.5. The summed E-state index contributed by atoms with van der Waals surface area (Å²) in [5.74, 6) is 7.69. The van der Waals surface area contributed by atoms with E-state index in [1.54, 1.807) is 0 Å². The van der Waals surface area contributed by atoms with Gasteiger partial charge in [0.05, 0.1) is 0 Å². The first kappa shape index (κ1) is 20.3. The van der Waals surface area contributed by atoms with Gasteiger partial charge in [0.15, 0.2) is 0 Å². The van der Waals surface area contributed by atoms with Crippen LogP contribution in [0.2, 0.25) is 0 Å². The van der Waals surface area contributed by atoms with Gasteiger partial charge in [-0.15, -0.1) is 0 Å². The zero-order chi connectivity index (χ0) is 21.4. The van der Waals surface area contributed by atoms with Crippen LogP contribution in [0, 0.1) is 59.2 Å². The summed E-state index contributed by atoms with van der Waals surface area (Å²) in [5, 5.41) is 7.07. The van der Waals surface area contributed by atoms with Crippen molar-refractivity contribution in [2.75, 3.05) is 0 Å². The van der Waals surface area contributed by atoms with Crippen molar-refractivity contribution in [3.05, 3.63) is 0 Å². The maximum atomic E-state index is 13.1. The summed E-state index contributed by atoms with van der Waals surface area (Å²) >= 11 is 0. The Balaban J connectivity index is 0.911. The standard InChI is InChI=1S/C28H42N2O2/c31-27(29-25-21-7-15-5-16(9-21)10-22(25)8-15)19-1-2-20(4-3-19)28(32)30-26-23-11-17-6-18(13-23)14-24(26)12-17/h15-26H,1-14H2,(H,29,31)(H,30,32). The van der Waals surface area contributed by atoms with Crippen molar-refractivity contribution in [2.45, 2.75) is 102 Å². The lowest BCUT2D eigenvalue weighted by molar-refractivity contribution is -0.134. The van der Waals surface area contributed by atoms with Crippen LogP contribution < -0.4 is 10.6 Å². The van der Waals surface area contributed by atoms with E-state index in [9.17, 15) is 9.59 Å². The molecule has 0 unspecified atom stereocenters. The highest BCUT2D eigenvalue weighted by Crippen LogP contribution is 2.55. The number of carbonyl (C=O) groups excluding carboxylic acids is 2. The van der Waals surface area contributed by atoms with Crippen molar-refractivity contribution in [1.82, 2.24) is 10.6 Å². The number of amides is 2. The molecule has 9 saturated carbocycles. The molecule has 2 N–H and O–H groups in total. The zero-order valence-electron chi connectivity index (χ0n) is 19.6. The molecule has 32 heavy (non-hydrogen) atoms. The number of carbonyl (C=O) groups is 2. The summed E-state index contributed by atoms with van der Waals surface area (Å²) in [6, 6.07) is 0.904. The second-order valence-corrected chi connectivity index (χ2v) is 13.5. The Hall–Kier alpha value is -1.06. The molecule has 9 rings (SSSR count). The van der Waals surface area contributed by atoms with Crippen molar-refractivity contribution >= 4 is 11.8 Å². The van der Waals surface area contributed by atoms with Crippen LogP contribution in [0.4, 0.5) is 0 Å². The SMILES string of the molecule is O=C(NC1C2CC3CC(C2)CC1C3)C1CCC(C(=O)NC2C3CC4CC(C3)CC2C4)CC1. The predicted molar refractivity (Wildman–Crippen MR) is 123 cm³/mol. The second-order valence-electron chi connectivity index (χ2n) is 13.5. The number of nitrogens with one attached hydrogen (secondary N) is 2. The fourth-order valence-corrected chi connectivity index (χ4v) is 10.5. The summed E-state index contributed by atoms with van der Waals surface area (Å²) in [7, 11) is 0. The predicted octanol–water partition coefficient (Wildman–Crippen LogP) is 4.67. The molecule has 0 aromatic carbocycles. The van der Waals surface area contributed by atoms with Gasteiger partial charge in [0, 0.05) is 23.9 Å². The van der Waals surface area contributed by atoms with E-state index in [-0.39, 0.29) is 11.8 Å². The van der Waals surface area contributed by atoms with E-state index in [0.717, 1.165) is 73.0 Å². The van der Waals surface area contributed by atoms with Gasteiger partial charge in [0.25, 0.3) is 0 Å². The maximum absolute atomic E-state index is 13.1. The van der Waals surface area contributed by atoms with Crippen LogP contribution in [0.25, 0.3) is 0 Å². The first-order valence-electron chi connectivity index (χ1n) is 14.2. The highest BCUT2D eigenvalue weighted by Gasteiger charge is 2.50. The molecular weight excluding hydrogens is 396 g/mol. The molecule has 9 aliphatic rings. The lowest BCUT2D eigenvalue weighted by Crippen LogP contribution is -2.57. The van der Waals surface area contributed by atoms with Crippen LogP contribution in [-0.4, -0.2) is 23.9 Å². The average molecular weight is 439 g/mol. The molecule has 4 heteroatoms. The normalized spacial score (nSPS) is 52.8. The van der Waals surface area contributed by atoms with Gasteiger partial charge < -0.3 is 10.6 Å². The number of hydrogen-bond acceptors (Lipinski definition) is 2. The highest BCUT2D eigenvalue weighted by atomic mass is 16.2. The van der Waals surface area contributed by atoms with Crippen LogP contribution >= 0.6 is 0 Å². The molecule has 176 valence electrons. The minimum atomic E-state index is 0.136. The van der Waals surface area contributed by atoms with Crippen LogP contribution in [-0.2, 0) is 9.59 Å². The molecule has 0 aromatic heterocycles. The molecule has 0 atom stereocenters. The molecule has 0 aliphatic heterocycles. The topological polar surface area (TPSA) is 58.2 Å². The molecule has 9 aliphatic carbocycles. The third-order valence-corrected chi connectivity index (χ3v) is 11.5. The minimum absolute atomic E-state index is 0.136. The molecule has 0 heterocycles. The Bertz CT molecular complexity index is 649. The summed E-state index contributed by atoms with van der Waals surface area (Å²) in [6.45, 7) is 0. The second kappa shape index (κ2) is 7.73. The Morgan fingerprint density at radius 1 is 0.438 bits per heavy atom. The van der Waals surface area contributed by atoms with E-state index in [2.05, 4.69) is 10.6 Å². The molecule has 0 spiro atoms. The average Bonchev–Trinajstić information content (AvgIpc) is 2.77. The number of rotatable bonds is 4. The molecule has 8 bridgehead atoms. The van der Waals surface area contributed by atoms with Gasteiger partial charge in [-0.3, -0.25) is 9.59 Å². The zero-order valence-corrected chi connectivity index (χ0v) is 19.6. The summed E-state index contributed by atoms with van der Waals surface area (Å²) in [4.78, 5) is 26.3. The summed E-state index contributed by atoms with van der Waals surface area (Å²) in [5.41, 5.74) is 0. The van der Waals surface area contributed by atoms with Crippen molar-refractivity contribution in [2.24, 2.45) is 59.2 Å². The van der Waals surface area contributed by atoms with E-state index in [1.165, 1.54) is 64.2 Å². The smallest absolute Gasteiger partial charge is 0.223 e. The van der Waals surface area contributed by atoms with Crippen molar-refractivity contribution < 1.29 is 9.59 Å². The van der Waals surface area contributed by atoms with Crippen LogP contribution in [0.3, 0.4) is 0 Å². The van der Waals surface area contributed by atoms with Gasteiger partial charge in [0.2, 0.25) is 11.8 Å². The van der Waals surface area contributed by atoms with Crippen LogP contribution in [0.5, 0.6) is 0 Å². The minimum Gasteiger partial charge on any atom is -0.353 e. The lowest BCUT2D eigenvalue weighted by atomic mass is 9.54. The van der Waals surface area contributed by atoms with Crippen LogP contribution in [0.1, 0.15) is 89.9 Å². The monoisotopic (exact) mass is 438 g/mol. The molecule has 0 radical (unpaired) electrons. The Morgan fingerprint density at radius 3 is 1.00 bits per heavy atom. The molecular formula is C28H42N2O2. The summed E-state index contributed by atoms with van der Waals surface area (Å²) < 4.78 is 0. The van der Waals surface area contributed by atoms with E-state index >= 15 is 0 Å². The molecule has 2 amide bonds. The van der Waals surface area contributed by atoms with Crippen molar-refractivity contribution in [3.63, 3.8) is 0 Å². The van der Waals surface area contributed by atoms with Gasteiger partial charge in [-0.2, -0.15) is 0 Å². The van der Waals surface area contributed by atoms with Gasteiger partial charge in [-0.1, -0.05) is 0 Å². The Morgan fingerprint density at radius 2 is 0.719 bits per heavy atom. The van der Waals surface area contributed by atoms with Gasteiger partial charge in [0.1, 0.15) is 0 Å².